The Balaban J connectivity index is 0.000000195. The molecule has 5 rings (SSSR count). The predicted molar refractivity (Wildman–Crippen MR) is 137 cm³/mol. The van der Waals surface area contributed by atoms with Gasteiger partial charge in [0.05, 0.1) is 18.2 Å². The van der Waals surface area contributed by atoms with Crippen molar-refractivity contribution in [2.45, 2.75) is 12.8 Å². The lowest BCUT2D eigenvalue weighted by Crippen LogP contribution is -2.13. The number of aromatic amines is 1. The van der Waals surface area contributed by atoms with E-state index in [1.807, 2.05) is 41.9 Å². The maximum atomic E-state index is 4.62. The van der Waals surface area contributed by atoms with Crippen molar-refractivity contribution in [3.05, 3.63) is 84.9 Å². The van der Waals surface area contributed by atoms with E-state index in [0.717, 1.165) is 22.4 Å². The van der Waals surface area contributed by atoms with E-state index in [-0.39, 0.29) is 0 Å². The molecule has 0 bridgehead atoms. The minimum absolute atomic E-state index is 0.655. The second-order valence-corrected chi connectivity index (χ2v) is 8.29. The van der Waals surface area contributed by atoms with Crippen LogP contribution in [-0.2, 0) is 13.5 Å². The zero-order chi connectivity index (χ0) is 23.8. The first-order valence-corrected chi connectivity index (χ1v) is 11.3. The first kappa shape index (κ1) is 23.1. The van der Waals surface area contributed by atoms with Crippen molar-refractivity contribution in [2.75, 3.05) is 26.0 Å². The Hall–Kier alpha value is -4.04. The van der Waals surface area contributed by atoms with Crippen molar-refractivity contribution in [1.29, 1.82) is 0 Å². The fourth-order valence-corrected chi connectivity index (χ4v) is 3.51. The second kappa shape index (κ2) is 11.2. The standard InChI is InChI=1S/C15H13N7.C11H17N/c1-22-9-16-12-14(19-11-7-17-18-8-11)20-13(21-15(12)22)10-5-3-2-4-6-10;1-12(2)10-6-9-11-7-4-3-5-8-11/h2-9H,1H3,(H,17,18)(H,19,20,21);3-5,7-8H,6,9-10H2,1-2H3. The van der Waals surface area contributed by atoms with E-state index in [9.17, 15) is 0 Å². The summed E-state index contributed by atoms with van der Waals surface area (Å²) < 4.78 is 1.88. The Morgan fingerprint density at radius 3 is 2.38 bits per heavy atom. The number of anilines is 2. The van der Waals surface area contributed by atoms with E-state index >= 15 is 0 Å². The van der Waals surface area contributed by atoms with E-state index in [2.05, 4.69) is 79.8 Å². The summed E-state index contributed by atoms with van der Waals surface area (Å²) in [4.78, 5) is 15.8. The quantitative estimate of drug-likeness (QED) is 0.371. The molecular formula is C26H30N8. The second-order valence-electron chi connectivity index (χ2n) is 8.29. The molecule has 0 atom stereocenters. The lowest BCUT2D eigenvalue weighted by Gasteiger charge is -2.08. The van der Waals surface area contributed by atoms with Gasteiger partial charge in [0, 0.05) is 18.8 Å². The zero-order valence-corrected chi connectivity index (χ0v) is 19.8. The predicted octanol–water partition coefficient (Wildman–Crippen LogP) is 4.68. The Bertz CT molecular complexity index is 1280. The van der Waals surface area contributed by atoms with Crippen LogP contribution in [0.4, 0.5) is 11.5 Å². The molecule has 8 nitrogen and oxygen atoms in total. The first-order valence-electron chi connectivity index (χ1n) is 11.3. The van der Waals surface area contributed by atoms with Gasteiger partial charge in [-0.25, -0.2) is 15.0 Å². The van der Waals surface area contributed by atoms with Gasteiger partial charge in [-0.2, -0.15) is 5.10 Å². The molecule has 0 amide bonds. The third-order valence-electron chi connectivity index (χ3n) is 5.27. The Labute approximate surface area is 199 Å². The number of hydrogen-bond acceptors (Lipinski definition) is 6. The Morgan fingerprint density at radius 2 is 1.71 bits per heavy atom. The van der Waals surface area contributed by atoms with Crippen LogP contribution in [0.25, 0.3) is 22.6 Å². The Kier molecular flexibility index (Phi) is 7.62. The van der Waals surface area contributed by atoms with Crippen molar-refractivity contribution in [3.63, 3.8) is 0 Å². The number of aromatic nitrogens is 6. The van der Waals surface area contributed by atoms with E-state index in [1.165, 1.54) is 24.9 Å². The molecule has 0 spiro atoms. The summed E-state index contributed by atoms with van der Waals surface area (Å²) in [5.74, 6) is 1.31. The number of benzene rings is 2. The molecule has 0 aliphatic heterocycles. The molecule has 3 aromatic heterocycles. The van der Waals surface area contributed by atoms with Crippen LogP contribution in [0.5, 0.6) is 0 Å². The maximum Gasteiger partial charge on any atom is 0.165 e. The van der Waals surface area contributed by atoms with Gasteiger partial charge >= 0.3 is 0 Å². The average molecular weight is 455 g/mol. The van der Waals surface area contributed by atoms with Crippen LogP contribution in [0.3, 0.4) is 0 Å². The summed E-state index contributed by atoms with van der Waals surface area (Å²) >= 11 is 0. The summed E-state index contributed by atoms with van der Waals surface area (Å²) in [5, 5.41) is 9.93. The van der Waals surface area contributed by atoms with E-state index in [1.54, 1.807) is 18.7 Å². The molecule has 0 saturated carbocycles. The maximum absolute atomic E-state index is 4.62. The number of nitrogens with zero attached hydrogens (tertiary/aromatic N) is 6. The van der Waals surface area contributed by atoms with Crippen molar-refractivity contribution in [3.8, 4) is 11.4 Å². The molecule has 0 aliphatic rings. The van der Waals surface area contributed by atoms with Crippen molar-refractivity contribution in [2.24, 2.45) is 7.05 Å². The third-order valence-corrected chi connectivity index (χ3v) is 5.27. The SMILES string of the molecule is CN(C)CCCc1ccccc1.Cn1cnc2c(Nc3cn[nH]c3)nc(-c3ccccc3)nc21. The van der Waals surface area contributed by atoms with E-state index in [0.29, 0.717) is 11.6 Å². The van der Waals surface area contributed by atoms with Gasteiger partial charge in [-0.1, -0.05) is 60.7 Å². The number of imidazole rings is 1. The molecule has 5 aromatic rings. The Morgan fingerprint density at radius 1 is 0.971 bits per heavy atom. The van der Waals surface area contributed by atoms with E-state index in [4.69, 9.17) is 0 Å². The summed E-state index contributed by atoms with van der Waals surface area (Å²) in [6, 6.07) is 20.5. The summed E-state index contributed by atoms with van der Waals surface area (Å²) in [7, 11) is 6.15. The molecule has 0 aliphatic carbocycles. The highest BCUT2D eigenvalue weighted by atomic mass is 15.2. The number of fused-ring (bicyclic) bond motifs is 1. The summed E-state index contributed by atoms with van der Waals surface area (Å²) in [6.07, 6.45) is 7.63. The van der Waals surface area contributed by atoms with Gasteiger partial charge in [0.1, 0.15) is 0 Å². The fraction of sp³-hybridized carbons (Fsp3) is 0.231. The van der Waals surface area contributed by atoms with Crippen LogP contribution in [0.2, 0.25) is 0 Å². The lowest BCUT2D eigenvalue weighted by molar-refractivity contribution is 0.400. The van der Waals surface area contributed by atoms with Gasteiger partial charge in [0.15, 0.2) is 22.8 Å². The van der Waals surface area contributed by atoms with Crippen molar-refractivity contribution < 1.29 is 0 Å². The van der Waals surface area contributed by atoms with Gasteiger partial charge in [0.25, 0.3) is 0 Å². The summed E-state index contributed by atoms with van der Waals surface area (Å²) in [5.41, 5.74) is 4.73. The number of H-pyrrole nitrogens is 1. The first-order chi connectivity index (χ1) is 16.6. The number of hydrogen-bond donors (Lipinski definition) is 2. The van der Waals surface area contributed by atoms with Gasteiger partial charge in [-0.3, -0.25) is 5.10 Å². The van der Waals surface area contributed by atoms with Crippen LogP contribution in [0.1, 0.15) is 12.0 Å². The molecule has 0 saturated heterocycles. The highest BCUT2D eigenvalue weighted by Crippen LogP contribution is 2.25. The fourth-order valence-electron chi connectivity index (χ4n) is 3.51. The molecule has 8 heteroatoms. The highest BCUT2D eigenvalue weighted by Gasteiger charge is 2.13. The van der Waals surface area contributed by atoms with Crippen molar-refractivity contribution >= 4 is 22.7 Å². The molecule has 2 aromatic carbocycles. The average Bonchev–Trinajstić information content (AvgIpc) is 3.50. The number of aryl methyl sites for hydroxylation is 2. The smallest absolute Gasteiger partial charge is 0.165 e. The molecule has 34 heavy (non-hydrogen) atoms. The highest BCUT2D eigenvalue weighted by molar-refractivity contribution is 5.87. The van der Waals surface area contributed by atoms with Crippen molar-refractivity contribution in [1.82, 2.24) is 34.6 Å². The third kappa shape index (κ3) is 6.05. The number of nitrogens with one attached hydrogen (secondary N) is 2. The lowest BCUT2D eigenvalue weighted by atomic mass is 10.1. The monoisotopic (exact) mass is 454 g/mol. The van der Waals surface area contributed by atoms with Crippen LogP contribution in [-0.4, -0.2) is 55.3 Å². The molecule has 0 fully saturated rings. The molecule has 0 radical (unpaired) electrons. The largest absolute Gasteiger partial charge is 0.336 e. The van der Waals surface area contributed by atoms with Gasteiger partial charge in [-0.05, 0) is 39.0 Å². The van der Waals surface area contributed by atoms with E-state index < -0.39 is 0 Å². The van der Waals surface area contributed by atoms with Gasteiger partial charge < -0.3 is 14.8 Å². The minimum atomic E-state index is 0.655. The normalized spacial score (nSPS) is 10.8. The van der Waals surface area contributed by atoms with Gasteiger partial charge in [-0.15, -0.1) is 0 Å². The molecule has 3 heterocycles. The topological polar surface area (TPSA) is 87.5 Å². The molecular weight excluding hydrogens is 424 g/mol. The zero-order valence-electron chi connectivity index (χ0n) is 19.8. The molecule has 174 valence electrons. The minimum Gasteiger partial charge on any atom is -0.336 e. The van der Waals surface area contributed by atoms with Crippen LogP contribution in [0, 0.1) is 0 Å². The molecule has 2 N–H and O–H groups in total. The van der Waals surface area contributed by atoms with Crippen LogP contribution < -0.4 is 5.32 Å². The van der Waals surface area contributed by atoms with Gasteiger partial charge in [0.2, 0.25) is 0 Å². The summed E-state index contributed by atoms with van der Waals surface area (Å²) in [6.45, 7) is 1.18. The number of rotatable bonds is 7. The van der Waals surface area contributed by atoms with Crippen LogP contribution >= 0.6 is 0 Å². The molecule has 0 unspecified atom stereocenters. The van der Waals surface area contributed by atoms with Crippen LogP contribution in [0.15, 0.2) is 79.4 Å².